The van der Waals surface area contributed by atoms with E-state index < -0.39 is 6.04 Å². The Morgan fingerprint density at radius 3 is 2.63 bits per heavy atom. The van der Waals surface area contributed by atoms with E-state index in [2.05, 4.69) is 17.6 Å². The number of aliphatic hydroxyl groups excluding tert-OH is 1. The molecule has 38 heavy (non-hydrogen) atoms. The van der Waals surface area contributed by atoms with Gasteiger partial charge in [0.15, 0.2) is 0 Å². The quantitative estimate of drug-likeness (QED) is 0.507. The molecule has 2 aromatic rings. The molecule has 0 radical (unpaired) electrons. The van der Waals surface area contributed by atoms with E-state index in [1.165, 1.54) is 0 Å². The summed E-state index contributed by atoms with van der Waals surface area (Å²) in [5, 5.41) is 16.1. The van der Waals surface area contributed by atoms with Gasteiger partial charge < -0.3 is 30.1 Å². The molecule has 8 nitrogen and oxygen atoms in total. The summed E-state index contributed by atoms with van der Waals surface area (Å²) in [5.74, 6) is 0.0897. The summed E-state index contributed by atoms with van der Waals surface area (Å²) < 4.78 is 12.4. The van der Waals surface area contributed by atoms with Gasteiger partial charge >= 0.3 is 0 Å². The van der Waals surface area contributed by atoms with Crippen LogP contribution in [0.3, 0.4) is 0 Å². The van der Waals surface area contributed by atoms with Gasteiger partial charge in [-0.3, -0.25) is 9.59 Å². The topological polar surface area (TPSA) is 100 Å². The molecular formula is C30H43N3O5. The molecule has 0 spiro atoms. The van der Waals surface area contributed by atoms with Crippen LogP contribution in [0.5, 0.6) is 5.75 Å². The fourth-order valence-corrected chi connectivity index (χ4v) is 4.68. The van der Waals surface area contributed by atoms with Crippen molar-refractivity contribution in [3.8, 4) is 5.75 Å². The van der Waals surface area contributed by atoms with E-state index in [-0.39, 0.29) is 43.0 Å². The minimum Gasteiger partial charge on any atom is -0.490 e. The number of nitrogens with zero attached hydrogens (tertiary/aromatic N) is 1. The van der Waals surface area contributed by atoms with Crippen molar-refractivity contribution in [3.05, 3.63) is 59.7 Å². The number of amides is 2. The zero-order chi connectivity index (χ0) is 27.5. The average Bonchev–Trinajstić information content (AvgIpc) is 2.90. The smallest absolute Gasteiger partial charge is 0.258 e. The third kappa shape index (κ3) is 8.55. The molecule has 0 saturated carbocycles. The van der Waals surface area contributed by atoms with E-state index in [0.29, 0.717) is 36.7 Å². The number of benzene rings is 2. The number of fused-ring (bicyclic) bond motifs is 1. The Bertz CT molecular complexity index is 1030. The summed E-state index contributed by atoms with van der Waals surface area (Å²) in [5.41, 5.74) is 1.80. The molecule has 0 unspecified atom stereocenters. The monoisotopic (exact) mass is 525 g/mol. The SMILES string of the molecule is CNC[C@@H]1OCCCC[C@@H](C)Oc2ccc(NC(=O)Cc3ccccc3)cc2C(=O)N([C@H](C)CO)C[C@@H]1C. The van der Waals surface area contributed by atoms with Gasteiger partial charge in [-0.1, -0.05) is 37.3 Å². The molecule has 0 aromatic heterocycles. The molecule has 3 N–H and O–H groups in total. The van der Waals surface area contributed by atoms with Gasteiger partial charge in [0.05, 0.1) is 36.8 Å². The highest BCUT2D eigenvalue weighted by atomic mass is 16.5. The Hall–Kier alpha value is -2.94. The molecule has 0 aliphatic carbocycles. The van der Waals surface area contributed by atoms with Crippen LogP contribution in [0.1, 0.15) is 56.0 Å². The zero-order valence-electron chi connectivity index (χ0n) is 23.1. The first-order valence-electron chi connectivity index (χ1n) is 13.6. The standard InChI is InChI=1S/C30H43N3O5/c1-21-19-33(22(2)20-34)30(36)26-17-25(32-29(35)16-24-11-6-5-7-12-24)13-14-27(26)38-23(3)10-8-9-15-37-28(21)18-31-4/h5-7,11-14,17,21-23,28,31,34H,8-10,15-16,18-20H2,1-4H3,(H,32,35)/t21-,22+,23+,28-/m0/s1. The van der Waals surface area contributed by atoms with Gasteiger partial charge in [-0.2, -0.15) is 0 Å². The molecule has 1 aliphatic heterocycles. The molecule has 1 aliphatic rings. The van der Waals surface area contributed by atoms with E-state index in [0.717, 1.165) is 24.8 Å². The lowest BCUT2D eigenvalue weighted by Crippen LogP contribution is -2.47. The fraction of sp³-hybridized carbons (Fsp3) is 0.533. The van der Waals surface area contributed by atoms with Gasteiger partial charge in [-0.25, -0.2) is 0 Å². The van der Waals surface area contributed by atoms with Crippen LogP contribution in [0.25, 0.3) is 0 Å². The molecule has 2 aromatic carbocycles. The van der Waals surface area contributed by atoms with Gasteiger partial charge in [0.1, 0.15) is 5.75 Å². The summed E-state index contributed by atoms with van der Waals surface area (Å²) in [6, 6.07) is 14.3. The Morgan fingerprint density at radius 2 is 1.92 bits per heavy atom. The molecule has 8 heteroatoms. The lowest BCUT2D eigenvalue weighted by Gasteiger charge is -2.34. The summed E-state index contributed by atoms with van der Waals surface area (Å²) in [4.78, 5) is 28.4. The molecule has 3 rings (SSSR count). The molecule has 2 amide bonds. The van der Waals surface area contributed by atoms with Crippen LogP contribution in [-0.4, -0.2) is 73.4 Å². The summed E-state index contributed by atoms with van der Waals surface area (Å²) >= 11 is 0. The molecule has 1 heterocycles. The zero-order valence-corrected chi connectivity index (χ0v) is 23.1. The number of nitrogens with one attached hydrogen (secondary N) is 2. The van der Waals surface area contributed by atoms with Crippen molar-refractivity contribution in [2.75, 3.05) is 38.7 Å². The molecule has 208 valence electrons. The minimum absolute atomic E-state index is 0.0281. The van der Waals surface area contributed by atoms with Crippen molar-refractivity contribution in [1.82, 2.24) is 10.2 Å². The van der Waals surface area contributed by atoms with E-state index in [9.17, 15) is 14.7 Å². The average molecular weight is 526 g/mol. The van der Waals surface area contributed by atoms with E-state index in [1.807, 2.05) is 51.2 Å². The number of anilines is 1. The lowest BCUT2D eigenvalue weighted by molar-refractivity contribution is -0.115. The lowest BCUT2D eigenvalue weighted by atomic mass is 10.0. The Morgan fingerprint density at radius 1 is 1.16 bits per heavy atom. The predicted octanol–water partition coefficient (Wildman–Crippen LogP) is 3.88. The highest BCUT2D eigenvalue weighted by Crippen LogP contribution is 2.28. The largest absolute Gasteiger partial charge is 0.490 e. The van der Waals surface area contributed by atoms with Gasteiger partial charge in [-0.15, -0.1) is 0 Å². The van der Waals surface area contributed by atoms with Crippen molar-refractivity contribution in [1.29, 1.82) is 0 Å². The second-order valence-corrected chi connectivity index (χ2v) is 10.3. The normalized spacial score (nSPS) is 22.1. The van der Waals surface area contributed by atoms with E-state index in [1.54, 1.807) is 23.1 Å². The van der Waals surface area contributed by atoms with Crippen molar-refractivity contribution < 1.29 is 24.2 Å². The Kier molecular flexibility index (Phi) is 11.6. The fourth-order valence-electron chi connectivity index (χ4n) is 4.68. The van der Waals surface area contributed by atoms with Crippen LogP contribution >= 0.6 is 0 Å². The molecule has 4 atom stereocenters. The van der Waals surface area contributed by atoms with E-state index in [4.69, 9.17) is 9.47 Å². The first-order chi connectivity index (χ1) is 18.3. The second-order valence-electron chi connectivity index (χ2n) is 10.3. The summed E-state index contributed by atoms with van der Waals surface area (Å²) in [6.07, 6.45) is 2.77. The second kappa shape index (κ2) is 14.9. The number of ether oxygens (including phenoxy) is 2. The Balaban J connectivity index is 1.93. The molecule has 0 saturated heterocycles. The number of carbonyl (C=O) groups is 2. The summed E-state index contributed by atoms with van der Waals surface area (Å²) in [7, 11) is 1.89. The van der Waals surface area contributed by atoms with Crippen molar-refractivity contribution >= 4 is 17.5 Å². The van der Waals surface area contributed by atoms with Gasteiger partial charge in [-0.05, 0) is 63.9 Å². The molecular weight excluding hydrogens is 482 g/mol. The maximum atomic E-state index is 14.0. The number of rotatable bonds is 7. The van der Waals surface area contributed by atoms with Crippen LogP contribution in [0, 0.1) is 5.92 Å². The summed E-state index contributed by atoms with van der Waals surface area (Å²) in [6.45, 7) is 7.45. The third-order valence-corrected chi connectivity index (χ3v) is 6.95. The highest BCUT2D eigenvalue weighted by molar-refractivity contribution is 6.00. The maximum absolute atomic E-state index is 14.0. The minimum atomic E-state index is -0.408. The van der Waals surface area contributed by atoms with E-state index >= 15 is 0 Å². The maximum Gasteiger partial charge on any atom is 0.258 e. The number of hydrogen-bond acceptors (Lipinski definition) is 6. The number of hydrogen-bond donors (Lipinski definition) is 3. The van der Waals surface area contributed by atoms with Crippen molar-refractivity contribution in [2.24, 2.45) is 5.92 Å². The number of aliphatic hydroxyl groups is 1. The highest BCUT2D eigenvalue weighted by Gasteiger charge is 2.29. The Labute approximate surface area is 226 Å². The predicted molar refractivity (Wildman–Crippen MR) is 150 cm³/mol. The van der Waals surface area contributed by atoms with Crippen LogP contribution < -0.4 is 15.4 Å². The van der Waals surface area contributed by atoms with Crippen LogP contribution in [0.15, 0.2) is 48.5 Å². The number of carbonyl (C=O) groups excluding carboxylic acids is 2. The van der Waals surface area contributed by atoms with Gasteiger partial charge in [0.25, 0.3) is 5.91 Å². The third-order valence-electron chi connectivity index (χ3n) is 6.95. The first-order valence-corrected chi connectivity index (χ1v) is 13.6. The molecule has 0 bridgehead atoms. The van der Waals surface area contributed by atoms with Crippen LogP contribution in [0.2, 0.25) is 0 Å². The van der Waals surface area contributed by atoms with Crippen molar-refractivity contribution in [3.63, 3.8) is 0 Å². The van der Waals surface area contributed by atoms with Gasteiger partial charge in [0, 0.05) is 31.3 Å². The van der Waals surface area contributed by atoms with Gasteiger partial charge in [0.2, 0.25) is 5.91 Å². The molecule has 0 fully saturated rings. The number of likely N-dealkylation sites (N-methyl/N-ethyl adjacent to an activating group) is 1. The van der Waals surface area contributed by atoms with Crippen molar-refractivity contribution in [2.45, 2.75) is 64.7 Å². The van der Waals surface area contributed by atoms with Crippen LogP contribution in [-0.2, 0) is 16.0 Å². The van der Waals surface area contributed by atoms with Crippen LogP contribution in [0.4, 0.5) is 5.69 Å². The first kappa shape index (κ1) is 29.6.